The van der Waals surface area contributed by atoms with Gasteiger partial charge in [0.2, 0.25) is 0 Å². The summed E-state index contributed by atoms with van der Waals surface area (Å²) >= 11 is 0. The number of esters is 3. The number of benzene rings is 2. The molecule has 11 atom stereocenters. The highest BCUT2D eigenvalue weighted by Crippen LogP contribution is 2.65. The summed E-state index contributed by atoms with van der Waals surface area (Å²) in [6.07, 6.45) is -8.43. The lowest BCUT2D eigenvalue weighted by Gasteiger charge is -2.67. The molecule has 0 radical (unpaired) electrons. The number of fused-ring (bicyclic) bond motifs is 5. The second kappa shape index (κ2) is 18.6. The smallest absolute Gasteiger partial charge is 0.408 e. The fourth-order valence-corrected chi connectivity index (χ4v) is 11.8. The molecule has 1 unspecified atom stereocenters. The van der Waals surface area contributed by atoms with Gasteiger partial charge in [-0.25, -0.2) is 14.4 Å². The van der Waals surface area contributed by atoms with Crippen LogP contribution in [-0.2, 0) is 52.0 Å². The molecule has 0 spiro atoms. The summed E-state index contributed by atoms with van der Waals surface area (Å²) < 4.78 is 50.4. The van der Waals surface area contributed by atoms with Gasteiger partial charge in [0.15, 0.2) is 25.8 Å². The summed E-state index contributed by atoms with van der Waals surface area (Å²) in [5.74, 6) is -4.12. The highest BCUT2D eigenvalue weighted by atomic mass is 28.4. The summed E-state index contributed by atoms with van der Waals surface area (Å²) in [6.45, 7) is 21.1. The zero-order chi connectivity index (χ0) is 48.9. The number of aliphatic hydroxyl groups is 1. The number of methoxy groups -OCH3 is 2. The van der Waals surface area contributed by atoms with E-state index in [1.54, 1.807) is 103 Å². The summed E-state index contributed by atoms with van der Waals surface area (Å²) in [5, 5.41) is 16.9. The molecule has 2 bridgehead atoms. The zero-order valence-electron chi connectivity index (χ0n) is 40.8. The third kappa shape index (κ3) is 9.01. The fourth-order valence-electron chi connectivity index (χ4n) is 10.6. The Morgan fingerprint density at radius 3 is 2.05 bits per heavy atom. The average Bonchev–Trinajstić information content (AvgIpc) is 3.23. The van der Waals surface area contributed by atoms with E-state index < -0.39 is 114 Å². The Morgan fingerprint density at radius 2 is 1.53 bits per heavy atom. The summed E-state index contributed by atoms with van der Waals surface area (Å²) in [4.78, 5) is 72.3. The molecule has 16 heteroatoms. The number of carbonyl (C=O) groups is 5. The topological polar surface area (TPSA) is 191 Å². The van der Waals surface area contributed by atoms with Crippen LogP contribution in [0.3, 0.4) is 0 Å². The van der Waals surface area contributed by atoms with Gasteiger partial charge in [0, 0.05) is 39.4 Å². The fraction of sp³-hybridized carbons (Fsp3) is 0.620. The van der Waals surface area contributed by atoms with Crippen LogP contribution in [0, 0.1) is 16.7 Å². The van der Waals surface area contributed by atoms with Gasteiger partial charge in [0.25, 0.3) is 0 Å². The molecule has 66 heavy (non-hydrogen) atoms. The Balaban J connectivity index is 1.57. The average molecular weight is 936 g/mol. The van der Waals surface area contributed by atoms with Crippen molar-refractivity contribution in [3.8, 4) is 0 Å². The molecule has 4 aliphatic rings. The number of ketones is 1. The first kappa shape index (κ1) is 50.9. The Labute approximate surface area is 389 Å². The van der Waals surface area contributed by atoms with E-state index in [9.17, 15) is 19.5 Å². The second-order valence-corrected chi connectivity index (χ2v) is 25.4. The number of amides is 1. The molecule has 2 aromatic rings. The van der Waals surface area contributed by atoms with Gasteiger partial charge in [0.05, 0.1) is 35.6 Å². The number of rotatable bonds is 13. The van der Waals surface area contributed by atoms with Gasteiger partial charge in [-0.3, -0.25) is 9.59 Å². The van der Waals surface area contributed by atoms with Crippen molar-refractivity contribution in [1.29, 1.82) is 0 Å². The van der Waals surface area contributed by atoms with Crippen LogP contribution in [0.15, 0.2) is 71.8 Å². The maximum Gasteiger partial charge on any atom is 0.408 e. The van der Waals surface area contributed by atoms with E-state index in [2.05, 4.69) is 5.32 Å². The minimum absolute atomic E-state index is 0.00975. The van der Waals surface area contributed by atoms with Crippen LogP contribution in [0.1, 0.15) is 104 Å². The van der Waals surface area contributed by atoms with Crippen LogP contribution in [-0.4, -0.2) is 117 Å². The lowest BCUT2D eigenvalue weighted by molar-refractivity contribution is -0.347. The van der Waals surface area contributed by atoms with Crippen molar-refractivity contribution in [2.24, 2.45) is 16.7 Å². The molecule has 6 rings (SSSR count). The number of Topliss-reactive ketones (excluding diaryl/α,β-unsaturated/α-hetero) is 1. The van der Waals surface area contributed by atoms with Gasteiger partial charge in [0.1, 0.15) is 35.6 Å². The van der Waals surface area contributed by atoms with Crippen molar-refractivity contribution in [2.75, 3.05) is 20.8 Å². The molecule has 2 N–H and O–H groups in total. The predicted octanol–water partition coefficient (Wildman–Crippen LogP) is 7.21. The standard InChI is InChI=1S/C50H69NO14Si/c1-28(2)66(13,14)65-39(37(31-21-17-15-18-22-31)51-45(56)64-46(5,6)7)44(55)61-33-26-50(57)42(62-43(54)32-23-19-16-20-24-32)40-48(10,41(53)38(59-12)36(29(33)3)47(50,8)9)34(58-11)25-35-49(40,27-60-35)63-30(4)52/h15-24,28,33-35,37-40,42,57H,25-27H2,1-14H3,(H,51,56)/t33-,34-,35+,37-,38+,39+,40?,42-,48+,49-,50+/m0/s1. The van der Waals surface area contributed by atoms with E-state index in [4.69, 9.17) is 37.6 Å². The molecule has 1 heterocycles. The summed E-state index contributed by atoms with van der Waals surface area (Å²) in [5.41, 5.74) is -6.30. The Bertz CT molecular complexity index is 2190. The predicted molar refractivity (Wildman–Crippen MR) is 245 cm³/mol. The number of carbonyl (C=O) groups excluding carboxylic acids is 5. The maximum absolute atomic E-state index is 15.8. The SMILES string of the molecule is CO[C@H]1C(=O)[C@@]2(C)C([C@H](OC(=O)c3ccccc3)[C@]3(O)C[C@H](OC(=O)[C@H](O[Si](C)(C)C(C)C)[C@@H](NC(=O)OC(C)(C)C)c4ccccc4)C(C)=C1C3(C)C)[C@]1(OC(C)=O)CO[C@@H]1C[C@@H]2OC. The van der Waals surface area contributed by atoms with E-state index in [1.807, 2.05) is 33.0 Å². The summed E-state index contributed by atoms with van der Waals surface area (Å²) in [7, 11) is 0.0946. The molecule has 1 amide bonds. The number of hydrogen-bond donors (Lipinski definition) is 2. The highest BCUT2D eigenvalue weighted by molar-refractivity contribution is 6.72. The second-order valence-electron chi connectivity index (χ2n) is 20.8. The molecule has 3 fully saturated rings. The number of ether oxygens (including phenoxy) is 7. The van der Waals surface area contributed by atoms with Crippen molar-refractivity contribution >= 4 is 38.1 Å². The van der Waals surface area contributed by atoms with E-state index in [0.717, 1.165) is 0 Å². The molecule has 2 saturated carbocycles. The maximum atomic E-state index is 15.8. The van der Waals surface area contributed by atoms with Crippen LogP contribution in [0.2, 0.25) is 18.6 Å². The number of alkyl carbamates (subject to hydrolysis) is 1. The first-order valence-corrected chi connectivity index (χ1v) is 25.7. The minimum Gasteiger partial charge on any atom is -0.456 e. The van der Waals surface area contributed by atoms with Crippen molar-refractivity contribution < 1.29 is 66.7 Å². The van der Waals surface area contributed by atoms with Crippen molar-refractivity contribution in [3.05, 3.63) is 82.9 Å². The van der Waals surface area contributed by atoms with Gasteiger partial charge in [-0.2, -0.15) is 0 Å². The van der Waals surface area contributed by atoms with E-state index in [1.165, 1.54) is 21.1 Å². The van der Waals surface area contributed by atoms with Gasteiger partial charge < -0.3 is 48.0 Å². The first-order valence-electron chi connectivity index (χ1n) is 22.7. The molecule has 1 saturated heterocycles. The minimum atomic E-state index is -2.76. The first-order chi connectivity index (χ1) is 30.7. The Hall–Kier alpha value is -4.45. The lowest BCUT2D eigenvalue weighted by atomic mass is 9.44. The lowest BCUT2D eigenvalue weighted by Crippen LogP contribution is -2.82. The number of hydrogen-bond acceptors (Lipinski definition) is 14. The summed E-state index contributed by atoms with van der Waals surface area (Å²) in [6, 6.07) is 16.0. The van der Waals surface area contributed by atoms with Gasteiger partial charge in [-0.1, -0.05) is 76.2 Å². The Kier molecular flexibility index (Phi) is 14.3. The van der Waals surface area contributed by atoms with Gasteiger partial charge in [-0.05, 0) is 82.1 Å². The van der Waals surface area contributed by atoms with Crippen LogP contribution in [0.25, 0.3) is 0 Å². The third-order valence-corrected chi connectivity index (χ3v) is 18.5. The molecule has 362 valence electrons. The molecular formula is C50H69NO14Si. The normalized spacial score (nSPS) is 31.4. The largest absolute Gasteiger partial charge is 0.456 e. The van der Waals surface area contributed by atoms with Crippen molar-refractivity contribution in [2.45, 2.75) is 160 Å². The Morgan fingerprint density at radius 1 is 0.924 bits per heavy atom. The van der Waals surface area contributed by atoms with Crippen LogP contribution in [0.4, 0.5) is 4.79 Å². The number of nitrogens with one attached hydrogen (secondary N) is 1. The molecule has 15 nitrogen and oxygen atoms in total. The molecule has 3 aliphatic carbocycles. The van der Waals surface area contributed by atoms with Crippen molar-refractivity contribution in [1.82, 2.24) is 5.32 Å². The van der Waals surface area contributed by atoms with Crippen LogP contribution >= 0.6 is 0 Å². The van der Waals surface area contributed by atoms with Crippen LogP contribution < -0.4 is 5.32 Å². The highest BCUT2D eigenvalue weighted by Gasteiger charge is 2.78. The van der Waals surface area contributed by atoms with E-state index in [0.29, 0.717) is 16.7 Å². The van der Waals surface area contributed by atoms with Crippen molar-refractivity contribution in [3.63, 3.8) is 0 Å². The van der Waals surface area contributed by atoms with E-state index >= 15 is 9.59 Å². The van der Waals surface area contributed by atoms with Crippen LogP contribution in [0.5, 0.6) is 0 Å². The van der Waals surface area contributed by atoms with Gasteiger partial charge >= 0.3 is 24.0 Å². The monoisotopic (exact) mass is 935 g/mol. The molecule has 1 aliphatic heterocycles. The van der Waals surface area contributed by atoms with E-state index in [-0.39, 0.29) is 30.6 Å². The molecular weight excluding hydrogens is 867 g/mol. The zero-order valence-corrected chi connectivity index (χ0v) is 41.8. The quantitative estimate of drug-likeness (QED) is 0.0887. The molecule has 0 aromatic heterocycles. The molecule has 2 aromatic carbocycles. The van der Waals surface area contributed by atoms with Gasteiger partial charge in [-0.15, -0.1) is 0 Å². The third-order valence-electron chi connectivity index (χ3n) is 14.8.